The van der Waals surface area contributed by atoms with Gasteiger partial charge in [0.25, 0.3) is 5.91 Å². The zero-order valence-electron chi connectivity index (χ0n) is 9.03. The van der Waals surface area contributed by atoms with Gasteiger partial charge in [0.15, 0.2) is 0 Å². The number of aromatic nitrogens is 2. The van der Waals surface area contributed by atoms with Crippen molar-refractivity contribution >= 4 is 11.9 Å². The summed E-state index contributed by atoms with van der Waals surface area (Å²) in [6, 6.07) is 4.18. The van der Waals surface area contributed by atoms with Crippen LogP contribution in [0.2, 0.25) is 0 Å². The van der Waals surface area contributed by atoms with E-state index in [9.17, 15) is 9.18 Å². The SMILES string of the molecule is COc1cccc(F)c1C(=O)Nc1ncc[nH]1. The van der Waals surface area contributed by atoms with Crippen LogP contribution in [0.15, 0.2) is 30.6 Å². The number of benzene rings is 1. The van der Waals surface area contributed by atoms with Gasteiger partial charge in [-0.25, -0.2) is 9.37 Å². The standard InChI is InChI=1S/C11H10FN3O2/c1-17-8-4-2-3-7(12)9(8)10(16)15-11-13-5-6-14-11/h2-6H,1H3,(H2,13,14,15,16). The number of nitrogens with zero attached hydrogens (tertiary/aromatic N) is 1. The molecule has 1 amide bonds. The van der Waals surface area contributed by atoms with Crippen molar-refractivity contribution in [1.29, 1.82) is 0 Å². The molecule has 0 spiro atoms. The summed E-state index contributed by atoms with van der Waals surface area (Å²) in [5.74, 6) is -0.835. The molecule has 0 unspecified atom stereocenters. The van der Waals surface area contributed by atoms with E-state index in [1.165, 1.54) is 31.5 Å². The fraction of sp³-hybridized carbons (Fsp3) is 0.0909. The monoisotopic (exact) mass is 235 g/mol. The molecule has 6 heteroatoms. The van der Waals surface area contributed by atoms with E-state index in [1.54, 1.807) is 6.20 Å². The van der Waals surface area contributed by atoms with Crippen molar-refractivity contribution in [3.8, 4) is 5.75 Å². The molecule has 0 aliphatic rings. The smallest absolute Gasteiger partial charge is 0.264 e. The Morgan fingerprint density at radius 1 is 1.53 bits per heavy atom. The van der Waals surface area contributed by atoms with E-state index < -0.39 is 11.7 Å². The quantitative estimate of drug-likeness (QED) is 0.852. The van der Waals surface area contributed by atoms with Gasteiger partial charge in [-0.15, -0.1) is 0 Å². The van der Waals surface area contributed by atoms with Gasteiger partial charge in [-0.3, -0.25) is 10.1 Å². The molecule has 0 radical (unpaired) electrons. The minimum atomic E-state index is -0.645. The van der Waals surface area contributed by atoms with Gasteiger partial charge in [0.1, 0.15) is 17.1 Å². The van der Waals surface area contributed by atoms with Crippen molar-refractivity contribution in [2.75, 3.05) is 12.4 Å². The lowest BCUT2D eigenvalue weighted by Gasteiger charge is -2.08. The number of aromatic amines is 1. The zero-order chi connectivity index (χ0) is 12.3. The van der Waals surface area contributed by atoms with Gasteiger partial charge in [0, 0.05) is 12.4 Å². The van der Waals surface area contributed by atoms with Crippen LogP contribution in [0.4, 0.5) is 10.3 Å². The normalized spacial score (nSPS) is 10.0. The molecule has 0 aliphatic heterocycles. The van der Waals surface area contributed by atoms with Crippen molar-refractivity contribution in [2.45, 2.75) is 0 Å². The maximum Gasteiger partial charge on any atom is 0.264 e. The number of carbonyl (C=O) groups is 1. The van der Waals surface area contributed by atoms with Crippen LogP contribution in [-0.4, -0.2) is 23.0 Å². The Hall–Kier alpha value is -2.37. The molecular weight excluding hydrogens is 225 g/mol. The van der Waals surface area contributed by atoms with Crippen LogP contribution in [0.25, 0.3) is 0 Å². The minimum absolute atomic E-state index is 0.147. The number of hydrogen-bond acceptors (Lipinski definition) is 3. The van der Waals surface area contributed by atoms with Crippen molar-refractivity contribution < 1.29 is 13.9 Å². The molecule has 0 saturated carbocycles. The first kappa shape index (κ1) is 11.1. The Labute approximate surface area is 96.6 Å². The number of imidazole rings is 1. The number of methoxy groups -OCH3 is 1. The Kier molecular flexibility index (Phi) is 3.04. The van der Waals surface area contributed by atoms with Gasteiger partial charge in [-0.2, -0.15) is 0 Å². The fourth-order valence-corrected chi connectivity index (χ4v) is 1.40. The van der Waals surface area contributed by atoms with Crippen molar-refractivity contribution in [3.63, 3.8) is 0 Å². The van der Waals surface area contributed by atoms with E-state index in [0.29, 0.717) is 0 Å². The molecule has 2 aromatic rings. The van der Waals surface area contributed by atoms with Crippen LogP contribution < -0.4 is 10.1 Å². The van der Waals surface area contributed by atoms with Crippen molar-refractivity contribution in [3.05, 3.63) is 42.0 Å². The van der Waals surface area contributed by atoms with E-state index in [4.69, 9.17) is 4.74 Å². The third-order valence-electron chi connectivity index (χ3n) is 2.15. The first-order valence-corrected chi connectivity index (χ1v) is 4.85. The van der Waals surface area contributed by atoms with Crippen molar-refractivity contribution in [1.82, 2.24) is 9.97 Å². The highest BCUT2D eigenvalue weighted by molar-refractivity contribution is 6.05. The number of anilines is 1. The largest absolute Gasteiger partial charge is 0.496 e. The van der Waals surface area contributed by atoms with Gasteiger partial charge in [-0.05, 0) is 12.1 Å². The van der Waals surface area contributed by atoms with Crippen LogP contribution in [0.1, 0.15) is 10.4 Å². The second-order valence-corrected chi connectivity index (χ2v) is 3.21. The Balaban J connectivity index is 2.30. The second-order valence-electron chi connectivity index (χ2n) is 3.21. The number of halogens is 1. The van der Waals surface area contributed by atoms with E-state index in [2.05, 4.69) is 15.3 Å². The second kappa shape index (κ2) is 4.65. The molecule has 2 rings (SSSR count). The van der Waals surface area contributed by atoms with Crippen LogP contribution in [0.5, 0.6) is 5.75 Å². The molecule has 5 nitrogen and oxygen atoms in total. The Morgan fingerprint density at radius 3 is 3.00 bits per heavy atom. The summed E-state index contributed by atoms with van der Waals surface area (Å²) in [5.41, 5.74) is -0.147. The number of hydrogen-bond donors (Lipinski definition) is 2. The Bertz CT molecular complexity index is 526. The highest BCUT2D eigenvalue weighted by atomic mass is 19.1. The molecule has 0 fully saturated rings. The van der Waals surface area contributed by atoms with E-state index >= 15 is 0 Å². The maximum absolute atomic E-state index is 13.5. The number of ether oxygens (including phenoxy) is 1. The predicted molar refractivity (Wildman–Crippen MR) is 59.5 cm³/mol. The lowest BCUT2D eigenvalue weighted by Crippen LogP contribution is -2.15. The van der Waals surface area contributed by atoms with Crippen molar-refractivity contribution in [2.24, 2.45) is 0 Å². The summed E-state index contributed by atoms with van der Waals surface area (Å²) in [5, 5.41) is 2.43. The molecule has 1 aromatic heterocycles. The maximum atomic E-state index is 13.5. The highest BCUT2D eigenvalue weighted by Gasteiger charge is 2.18. The van der Waals surface area contributed by atoms with Gasteiger partial charge < -0.3 is 9.72 Å². The lowest BCUT2D eigenvalue weighted by molar-refractivity contribution is 0.101. The summed E-state index contributed by atoms with van der Waals surface area (Å²) < 4.78 is 18.5. The van der Waals surface area contributed by atoms with E-state index in [0.717, 1.165) is 0 Å². The van der Waals surface area contributed by atoms with Crippen LogP contribution in [0, 0.1) is 5.82 Å². The summed E-state index contributed by atoms with van der Waals surface area (Å²) in [4.78, 5) is 18.3. The van der Waals surface area contributed by atoms with Gasteiger partial charge in [0.2, 0.25) is 5.95 Å². The third kappa shape index (κ3) is 2.25. The summed E-state index contributed by atoms with van der Waals surface area (Å²) >= 11 is 0. The summed E-state index contributed by atoms with van der Waals surface area (Å²) in [7, 11) is 1.37. The number of nitrogens with one attached hydrogen (secondary N) is 2. The summed E-state index contributed by atoms with van der Waals surface area (Å²) in [6.45, 7) is 0. The molecule has 2 N–H and O–H groups in total. The van der Waals surface area contributed by atoms with Crippen LogP contribution in [0.3, 0.4) is 0 Å². The van der Waals surface area contributed by atoms with E-state index in [-0.39, 0.29) is 17.3 Å². The predicted octanol–water partition coefficient (Wildman–Crippen LogP) is 1.81. The fourth-order valence-electron chi connectivity index (χ4n) is 1.40. The first-order valence-electron chi connectivity index (χ1n) is 4.85. The van der Waals surface area contributed by atoms with Gasteiger partial charge >= 0.3 is 0 Å². The topological polar surface area (TPSA) is 67.0 Å². The molecule has 17 heavy (non-hydrogen) atoms. The lowest BCUT2D eigenvalue weighted by atomic mass is 10.1. The molecule has 0 bridgehead atoms. The number of rotatable bonds is 3. The number of amides is 1. The van der Waals surface area contributed by atoms with E-state index in [1.807, 2.05) is 0 Å². The molecule has 88 valence electrons. The average Bonchev–Trinajstić information content (AvgIpc) is 2.81. The summed E-state index contributed by atoms with van der Waals surface area (Å²) in [6.07, 6.45) is 3.03. The molecule has 1 aromatic carbocycles. The molecular formula is C11H10FN3O2. The molecule has 0 aliphatic carbocycles. The van der Waals surface area contributed by atoms with Gasteiger partial charge in [-0.1, -0.05) is 6.07 Å². The number of H-pyrrole nitrogens is 1. The Morgan fingerprint density at radius 2 is 2.35 bits per heavy atom. The highest BCUT2D eigenvalue weighted by Crippen LogP contribution is 2.21. The first-order chi connectivity index (χ1) is 8.22. The molecule has 0 saturated heterocycles. The van der Waals surface area contributed by atoms with Crippen LogP contribution in [-0.2, 0) is 0 Å². The molecule has 1 heterocycles. The molecule has 0 atom stereocenters. The third-order valence-corrected chi connectivity index (χ3v) is 2.15. The van der Waals surface area contributed by atoms with Crippen LogP contribution >= 0.6 is 0 Å². The average molecular weight is 235 g/mol. The minimum Gasteiger partial charge on any atom is -0.496 e. The number of carbonyl (C=O) groups excluding carboxylic acids is 1. The zero-order valence-corrected chi connectivity index (χ0v) is 9.03. The van der Waals surface area contributed by atoms with Gasteiger partial charge in [0.05, 0.1) is 7.11 Å².